The summed E-state index contributed by atoms with van der Waals surface area (Å²) in [6.07, 6.45) is 3.14. The van der Waals surface area contributed by atoms with E-state index in [1.165, 1.54) is 26.8 Å². The van der Waals surface area contributed by atoms with E-state index in [1.807, 2.05) is 0 Å². The Balaban J connectivity index is 1.67. The number of halogens is 1. The van der Waals surface area contributed by atoms with Crippen molar-refractivity contribution in [3.8, 4) is 0 Å². The molecule has 0 aliphatic carbocycles. The molecule has 0 bridgehead atoms. The van der Waals surface area contributed by atoms with E-state index in [-0.39, 0.29) is 16.3 Å². The third-order valence-corrected chi connectivity index (χ3v) is 9.29. The van der Waals surface area contributed by atoms with Crippen molar-refractivity contribution in [3.63, 3.8) is 0 Å². The van der Waals surface area contributed by atoms with E-state index in [2.05, 4.69) is 0 Å². The fourth-order valence-corrected chi connectivity index (χ4v) is 6.96. The first-order chi connectivity index (χ1) is 13.7. The Bertz CT molecular complexity index is 1160. The number of benzene rings is 2. The Morgan fingerprint density at radius 2 is 1.48 bits per heavy atom. The Kier molecular flexibility index (Phi) is 5.16. The molecular formula is C20H23FN2O4S2. The van der Waals surface area contributed by atoms with Crippen LogP contribution in [0.5, 0.6) is 0 Å². The fraction of sp³-hybridized carbons (Fsp3) is 0.400. The number of sulfonamides is 2. The van der Waals surface area contributed by atoms with Crippen molar-refractivity contribution in [2.45, 2.75) is 42.4 Å². The number of fused-ring (bicyclic) bond motifs is 1. The van der Waals surface area contributed by atoms with E-state index in [4.69, 9.17) is 0 Å². The van der Waals surface area contributed by atoms with Gasteiger partial charge >= 0.3 is 0 Å². The lowest BCUT2D eigenvalue weighted by Gasteiger charge is -2.26. The number of rotatable bonds is 4. The average molecular weight is 439 g/mol. The summed E-state index contributed by atoms with van der Waals surface area (Å²) in [5.41, 5.74) is 1.49. The summed E-state index contributed by atoms with van der Waals surface area (Å²) in [7, 11) is -7.51. The van der Waals surface area contributed by atoms with Crippen LogP contribution in [0.1, 0.15) is 30.4 Å². The van der Waals surface area contributed by atoms with Crippen LogP contribution in [0.4, 0.5) is 10.1 Å². The highest BCUT2D eigenvalue weighted by molar-refractivity contribution is 7.92. The van der Waals surface area contributed by atoms with Crippen LogP contribution in [0.15, 0.2) is 46.2 Å². The third kappa shape index (κ3) is 3.55. The third-order valence-electron chi connectivity index (χ3n) is 5.59. The minimum absolute atomic E-state index is 0.113. The molecule has 2 aliphatic heterocycles. The summed E-state index contributed by atoms with van der Waals surface area (Å²) in [5.74, 6) is -0.575. The molecule has 0 atom stereocenters. The highest BCUT2D eigenvalue weighted by Gasteiger charge is 2.33. The summed E-state index contributed by atoms with van der Waals surface area (Å²) in [4.78, 5) is 0.0808. The van der Waals surface area contributed by atoms with Crippen LogP contribution >= 0.6 is 0 Å². The second-order valence-corrected chi connectivity index (χ2v) is 11.3. The molecule has 0 spiro atoms. The van der Waals surface area contributed by atoms with Gasteiger partial charge in [0, 0.05) is 19.6 Å². The topological polar surface area (TPSA) is 74.8 Å². The van der Waals surface area contributed by atoms with Gasteiger partial charge in [-0.25, -0.2) is 21.2 Å². The first-order valence-electron chi connectivity index (χ1n) is 9.63. The molecule has 2 aromatic rings. The molecule has 0 N–H and O–H groups in total. The van der Waals surface area contributed by atoms with Gasteiger partial charge in [-0.1, -0.05) is 12.5 Å². The predicted molar refractivity (Wildman–Crippen MR) is 108 cm³/mol. The summed E-state index contributed by atoms with van der Waals surface area (Å²) < 4.78 is 68.5. The van der Waals surface area contributed by atoms with E-state index < -0.39 is 25.9 Å². The van der Waals surface area contributed by atoms with Gasteiger partial charge in [0.1, 0.15) is 5.82 Å². The zero-order valence-electron chi connectivity index (χ0n) is 16.1. The highest BCUT2D eigenvalue weighted by Crippen LogP contribution is 2.35. The van der Waals surface area contributed by atoms with Crippen molar-refractivity contribution in [2.75, 3.05) is 23.9 Å². The van der Waals surface area contributed by atoms with E-state index >= 15 is 0 Å². The first-order valence-corrected chi connectivity index (χ1v) is 12.5. The number of hydrogen-bond donors (Lipinski definition) is 0. The van der Waals surface area contributed by atoms with Gasteiger partial charge in [-0.2, -0.15) is 4.31 Å². The Labute approximate surface area is 171 Å². The van der Waals surface area contributed by atoms with Crippen molar-refractivity contribution in [1.82, 2.24) is 4.31 Å². The van der Waals surface area contributed by atoms with E-state index in [0.717, 1.165) is 25.3 Å². The maximum atomic E-state index is 13.9. The lowest BCUT2D eigenvalue weighted by atomic mass is 10.2. The first kappa shape index (κ1) is 20.3. The van der Waals surface area contributed by atoms with Gasteiger partial charge in [-0.3, -0.25) is 4.31 Å². The summed E-state index contributed by atoms with van der Waals surface area (Å²) in [5, 5.41) is 0. The molecular weight excluding hydrogens is 415 g/mol. The standard InChI is InChI=1S/C20H23FN2O4S2/c1-15-5-6-18(14-19(15)21)29(26,27)23-12-9-16-13-17(7-8-20(16)23)28(24,25)22-10-3-2-4-11-22/h5-8,13-14H,2-4,9-12H2,1H3. The number of aryl methyl sites for hydroxylation is 1. The summed E-state index contributed by atoms with van der Waals surface area (Å²) in [6.45, 7) is 2.79. The van der Waals surface area contributed by atoms with Crippen molar-refractivity contribution in [3.05, 3.63) is 53.3 Å². The monoisotopic (exact) mass is 438 g/mol. The molecule has 0 amide bonds. The molecule has 6 nitrogen and oxygen atoms in total. The summed E-state index contributed by atoms with van der Waals surface area (Å²) in [6, 6.07) is 8.43. The number of anilines is 1. The SMILES string of the molecule is Cc1ccc(S(=O)(=O)N2CCc3cc(S(=O)(=O)N4CCCCC4)ccc32)cc1F. The molecule has 2 aromatic carbocycles. The van der Waals surface area contributed by atoms with Gasteiger partial charge in [-0.05, 0) is 67.6 Å². The number of nitrogens with zero attached hydrogens (tertiary/aromatic N) is 2. The maximum absolute atomic E-state index is 13.9. The van der Waals surface area contributed by atoms with E-state index in [1.54, 1.807) is 19.1 Å². The van der Waals surface area contributed by atoms with Crippen LogP contribution in [-0.4, -0.2) is 40.8 Å². The fourth-order valence-electron chi connectivity index (χ4n) is 3.87. The molecule has 29 heavy (non-hydrogen) atoms. The Morgan fingerprint density at radius 3 is 2.17 bits per heavy atom. The van der Waals surface area contributed by atoms with Crippen molar-refractivity contribution in [2.24, 2.45) is 0 Å². The molecule has 4 rings (SSSR count). The number of hydrogen-bond acceptors (Lipinski definition) is 4. The van der Waals surface area contributed by atoms with E-state index in [0.29, 0.717) is 36.3 Å². The molecule has 1 fully saturated rings. The molecule has 0 saturated carbocycles. The molecule has 1 saturated heterocycles. The zero-order valence-corrected chi connectivity index (χ0v) is 17.8. The second kappa shape index (κ2) is 7.37. The quantitative estimate of drug-likeness (QED) is 0.735. The molecule has 0 aromatic heterocycles. The number of piperidine rings is 1. The van der Waals surface area contributed by atoms with Gasteiger partial charge in [0.15, 0.2) is 0 Å². The van der Waals surface area contributed by atoms with Crippen LogP contribution in [0.25, 0.3) is 0 Å². The molecule has 0 unspecified atom stereocenters. The smallest absolute Gasteiger partial charge is 0.264 e. The molecule has 2 aliphatic rings. The van der Waals surface area contributed by atoms with Gasteiger partial charge in [0.25, 0.3) is 10.0 Å². The predicted octanol–water partition coefficient (Wildman–Crippen LogP) is 3.06. The van der Waals surface area contributed by atoms with E-state index in [9.17, 15) is 21.2 Å². The maximum Gasteiger partial charge on any atom is 0.264 e. The van der Waals surface area contributed by atoms with Crippen molar-refractivity contribution >= 4 is 25.7 Å². The minimum atomic E-state index is -3.93. The Hall–Kier alpha value is -1.97. The molecule has 156 valence electrons. The molecule has 0 radical (unpaired) electrons. The van der Waals surface area contributed by atoms with Crippen molar-refractivity contribution < 1.29 is 21.2 Å². The lowest BCUT2D eigenvalue weighted by Crippen LogP contribution is -2.35. The minimum Gasteiger partial charge on any atom is -0.266 e. The second-order valence-electron chi connectivity index (χ2n) is 7.49. The van der Waals surface area contributed by atoms with Crippen molar-refractivity contribution in [1.29, 1.82) is 0 Å². The highest BCUT2D eigenvalue weighted by atomic mass is 32.2. The molecule has 2 heterocycles. The normalized spacial score (nSPS) is 18.1. The molecule has 9 heteroatoms. The van der Waals surface area contributed by atoms with Crippen LogP contribution in [0, 0.1) is 12.7 Å². The van der Waals surface area contributed by atoms with Crippen LogP contribution in [-0.2, 0) is 26.5 Å². The zero-order chi connectivity index (χ0) is 20.8. The Morgan fingerprint density at radius 1 is 0.828 bits per heavy atom. The van der Waals surface area contributed by atoms with Gasteiger partial charge < -0.3 is 0 Å². The summed E-state index contributed by atoms with van der Waals surface area (Å²) >= 11 is 0. The van der Waals surface area contributed by atoms with Crippen LogP contribution < -0.4 is 4.31 Å². The lowest BCUT2D eigenvalue weighted by molar-refractivity contribution is 0.346. The average Bonchev–Trinajstić information content (AvgIpc) is 3.14. The van der Waals surface area contributed by atoms with Crippen LogP contribution in [0.3, 0.4) is 0 Å². The van der Waals surface area contributed by atoms with Gasteiger partial charge in [0.2, 0.25) is 10.0 Å². The van der Waals surface area contributed by atoms with Gasteiger partial charge in [0.05, 0.1) is 15.5 Å². The largest absolute Gasteiger partial charge is 0.266 e. The van der Waals surface area contributed by atoms with Gasteiger partial charge in [-0.15, -0.1) is 0 Å². The van der Waals surface area contributed by atoms with Crippen LogP contribution in [0.2, 0.25) is 0 Å².